The largest absolute Gasteiger partial charge is 0.338 e. The molecule has 0 atom stereocenters. The molecule has 0 spiro atoms. The Labute approximate surface area is 138 Å². The molecule has 23 heavy (non-hydrogen) atoms. The topological polar surface area (TPSA) is 68.0 Å². The standard InChI is InChI=1S/C17H17N3O2S/c1-11-16(13-6-4-3-5-7-13)20-22-17(11)19-15(21)9-8-14-12(2)18-10-23-14/h3-7,10H,8-9H2,1-2H3,(H,19,21). The molecule has 0 bridgehead atoms. The molecule has 0 unspecified atom stereocenters. The van der Waals surface area contributed by atoms with Crippen LogP contribution in [-0.4, -0.2) is 16.0 Å². The van der Waals surface area contributed by atoms with Crippen molar-refractivity contribution in [2.24, 2.45) is 0 Å². The quantitative estimate of drug-likeness (QED) is 0.769. The summed E-state index contributed by atoms with van der Waals surface area (Å²) in [5, 5.41) is 6.86. The summed E-state index contributed by atoms with van der Waals surface area (Å²) in [5.41, 5.74) is 5.34. The van der Waals surface area contributed by atoms with Gasteiger partial charge in [-0.25, -0.2) is 4.98 Å². The Bertz CT molecular complexity index is 808. The van der Waals surface area contributed by atoms with Crippen LogP contribution in [0.5, 0.6) is 0 Å². The normalized spacial score (nSPS) is 10.7. The summed E-state index contributed by atoms with van der Waals surface area (Å²) in [7, 11) is 0. The van der Waals surface area contributed by atoms with Gasteiger partial charge in [0.25, 0.3) is 0 Å². The molecule has 0 aliphatic rings. The number of aryl methyl sites for hydroxylation is 2. The second-order valence-electron chi connectivity index (χ2n) is 5.26. The van der Waals surface area contributed by atoms with Crippen LogP contribution in [0.4, 0.5) is 5.88 Å². The average Bonchev–Trinajstić information content (AvgIpc) is 3.13. The second kappa shape index (κ2) is 6.75. The first-order valence-corrected chi connectivity index (χ1v) is 8.23. The lowest BCUT2D eigenvalue weighted by Gasteiger charge is -2.02. The van der Waals surface area contributed by atoms with Gasteiger partial charge < -0.3 is 4.52 Å². The fourth-order valence-electron chi connectivity index (χ4n) is 2.30. The first kappa shape index (κ1) is 15.4. The molecule has 118 valence electrons. The Kier molecular flexibility index (Phi) is 4.52. The molecule has 0 radical (unpaired) electrons. The first-order chi connectivity index (χ1) is 11.1. The minimum absolute atomic E-state index is 0.0864. The van der Waals surface area contributed by atoms with Crippen LogP contribution in [-0.2, 0) is 11.2 Å². The smallest absolute Gasteiger partial charge is 0.234 e. The predicted molar refractivity (Wildman–Crippen MR) is 90.5 cm³/mol. The number of anilines is 1. The number of aromatic nitrogens is 2. The van der Waals surface area contributed by atoms with Crippen molar-refractivity contribution < 1.29 is 9.32 Å². The van der Waals surface area contributed by atoms with Crippen LogP contribution < -0.4 is 5.32 Å². The van der Waals surface area contributed by atoms with Crippen LogP contribution in [0.3, 0.4) is 0 Å². The molecule has 0 fully saturated rings. The Morgan fingerprint density at radius 3 is 2.74 bits per heavy atom. The Hall–Kier alpha value is -2.47. The van der Waals surface area contributed by atoms with Gasteiger partial charge in [0.05, 0.1) is 11.2 Å². The minimum Gasteiger partial charge on any atom is -0.338 e. The van der Waals surface area contributed by atoms with Gasteiger partial charge in [-0.05, 0) is 20.3 Å². The summed E-state index contributed by atoms with van der Waals surface area (Å²) in [6.45, 7) is 3.85. The molecular formula is C17H17N3O2S. The molecule has 0 aliphatic heterocycles. The fraction of sp³-hybridized carbons (Fsp3) is 0.235. The number of carbonyl (C=O) groups excluding carboxylic acids is 1. The van der Waals surface area contributed by atoms with Gasteiger partial charge in [0.15, 0.2) is 0 Å². The summed E-state index contributed by atoms with van der Waals surface area (Å²) < 4.78 is 5.29. The predicted octanol–water partition coefficient (Wildman–Crippen LogP) is 3.99. The highest BCUT2D eigenvalue weighted by molar-refractivity contribution is 7.09. The third-order valence-corrected chi connectivity index (χ3v) is 4.64. The van der Waals surface area contributed by atoms with E-state index in [1.165, 1.54) is 0 Å². The van der Waals surface area contributed by atoms with Gasteiger partial charge in [0, 0.05) is 22.4 Å². The van der Waals surface area contributed by atoms with Crippen LogP contribution in [0, 0.1) is 13.8 Å². The van der Waals surface area contributed by atoms with Crippen molar-refractivity contribution in [1.82, 2.24) is 10.1 Å². The van der Waals surface area contributed by atoms with E-state index in [0.717, 1.165) is 27.4 Å². The zero-order valence-electron chi connectivity index (χ0n) is 13.0. The van der Waals surface area contributed by atoms with Crippen LogP contribution in [0.25, 0.3) is 11.3 Å². The molecule has 5 nitrogen and oxygen atoms in total. The third kappa shape index (κ3) is 3.48. The van der Waals surface area contributed by atoms with Gasteiger partial charge in [0.2, 0.25) is 11.8 Å². The first-order valence-electron chi connectivity index (χ1n) is 7.35. The van der Waals surface area contributed by atoms with Crippen molar-refractivity contribution in [3.8, 4) is 11.3 Å². The van der Waals surface area contributed by atoms with Gasteiger partial charge in [-0.2, -0.15) is 0 Å². The van der Waals surface area contributed by atoms with Crippen molar-refractivity contribution in [3.63, 3.8) is 0 Å². The lowest BCUT2D eigenvalue weighted by Crippen LogP contribution is -2.12. The monoisotopic (exact) mass is 327 g/mol. The van der Waals surface area contributed by atoms with Crippen molar-refractivity contribution in [3.05, 3.63) is 52.0 Å². The van der Waals surface area contributed by atoms with Crippen LogP contribution in [0.1, 0.15) is 22.6 Å². The van der Waals surface area contributed by atoms with E-state index in [4.69, 9.17) is 4.52 Å². The average molecular weight is 327 g/mol. The molecule has 1 amide bonds. The summed E-state index contributed by atoms with van der Waals surface area (Å²) in [4.78, 5) is 17.4. The number of hydrogen-bond acceptors (Lipinski definition) is 5. The van der Waals surface area contributed by atoms with E-state index in [1.54, 1.807) is 16.8 Å². The fourth-order valence-corrected chi connectivity index (χ4v) is 3.08. The summed E-state index contributed by atoms with van der Waals surface area (Å²) in [6.07, 6.45) is 1.07. The molecule has 6 heteroatoms. The number of hydrogen-bond donors (Lipinski definition) is 1. The maximum atomic E-state index is 12.1. The summed E-state index contributed by atoms with van der Waals surface area (Å²) in [5.74, 6) is 0.326. The van der Waals surface area contributed by atoms with Crippen molar-refractivity contribution in [1.29, 1.82) is 0 Å². The van der Waals surface area contributed by atoms with Gasteiger partial charge in [-0.15, -0.1) is 11.3 Å². The van der Waals surface area contributed by atoms with Gasteiger partial charge in [-0.3, -0.25) is 10.1 Å². The number of carbonyl (C=O) groups is 1. The maximum absolute atomic E-state index is 12.1. The van der Waals surface area contributed by atoms with Gasteiger partial charge >= 0.3 is 0 Å². The molecule has 2 heterocycles. The SMILES string of the molecule is Cc1ncsc1CCC(=O)Nc1onc(-c2ccccc2)c1C. The lowest BCUT2D eigenvalue weighted by atomic mass is 10.1. The molecule has 3 rings (SSSR count). The Morgan fingerprint density at radius 2 is 2.04 bits per heavy atom. The summed E-state index contributed by atoms with van der Waals surface area (Å²) in [6, 6.07) is 9.76. The number of amides is 1. The van der Waals surface area contributed by atoms with E-state index in [0.29, 0.717) is 18.7 Å². The lowest BCUT2D eigenvalue weighted by molar-refractivity contribution is -0.116. The van der Waals surface area contributed by atoms with Crippen LogP contribution in [0.15, 0.2) is 40.4 Å². The number of benzene rings is 1. The molecule has 0 saturated carbocycles. The Morgan fingerprint density at radius 1 is 1.26 bits per heavy atom. The van der Waals surface area contributed by atoms with Crippen molar-refractivity contribution >= 4 is 23.1 Å². The minimum atomic E-state index is -0.0864. The molecule has 1 aromatic carbocycles. The number of nitrogens with one attached hydrogen (secondary N) is 1. The van der Waals surface area contributed by atoms with E-state index in [-0.39, 0.29) is 5.91 Å². The Balaban J connectivity index is 1.65. The molecule has 2 aromatic heterocycles. The maximum Gasteiger partial charge on any atom is 0.234 e. The van der Waals surface area contributed by atoms with Crippen molar-refractivity contribution in [2.75, 3.05) is 5.32 Å². The summed E-state index contributed by atoms with van der Waals surface area (Å²) >= 11 is 1.58. The number of nitrogens with zero attached hydrogens (tertiary/aromatic N) is 2. The van der Waals surface area contributed by atoms with E-state index < -0.39 is 0 Å². The van der Waals surface area contributed by atoms with E-state index in [2.05, 4.69) is 15.5 Å². The van der Waals surface area contributed by atoms with Crippen LogP contribution in [0.2, 0.25) is 0 Å². The molecule has 3 aromatic rings. The van der Waals surface area contributed by atoms with Gasteiger partial charge in [0.1, 0.15) is 5.69 Å². The molecular weight excluding hydrogens is 310 g/mol. The van der Waals surface area contributed by atoms with Crippen LogP contribution >= 0.6 is 11.3 Å². The van der Waals surface area contributed by atoms with E-state index in [9.17, 15) is 4.79 Å². The van der Waals surface area contributed by atoms with E-state index in [1.807, 2.05) is 44.2 Å². The molecule has 0 saturated heterocycles. The highest BCUT2D eigenvalue weighted by Crippen LogP contribution is 2.27. The third-order valence-electron chi connectivity index (χ3n) is 3.65. The zero-order chi connectivity index (χ0) is 16.2. The number of rotatable bonds is 5. The molecule has 0 aliphatic carbocycles. The van der Waals surface area contributed by atoms with E-state index >= 15 is 0 Å². The zero-order valence-corrected chi connectivity index (χ0v) is 13.8. The highest BCUT2D eigenvalue weighted by Gasteiger charge is 2.16. The van der Waals surface area contributed by atoms with Crippen molar-refractivity contribution in [2.45, 2.75) is 26.7 Å². The highest BCUT2D eigenvalue weighted by atomic mass is 32.1. The molecule has 1 N–H and O–H groups in total. The van der Waals surface area contributed by atoms with Gasteiger partial charge in [-0.1, -0.05) is 35.5 Å². The second-order valence-corrected chi connectivity index (χ2v) is 6.20. The number of thiazole rings is 1.